The van der Waals surface area contributed by atoms with Crippen LogP contribution in [0.15, 0.2) is 61.0 Å². The van der Waals surface area contributed by atoms with Gasteiger partial charge in [0.2, 0.25) is 0 Å². The molecule has 1 aromatic carbocycles. The first kappa shape index (κ1) is 30.2. The molecular weight excluding hydrogens is 438 g/mol. The third-order valence-electron chi connectivity index (χ3n) is 5.55. The lowest BCUT2D eigenvalue weighted by atomic mass is 10.1. The van der Waals surface area contributed by atoms with E-state index in [1.54, 1.807) is 24.3 Å². The summed E-state index contributed by atoms with van der Waals surface area (Å²) >= 11 is 0. The molecule has 1 heterocycles. The summed E-state index contributed by atoms with van der Waals surface area (Å²) in [5.41, 5.74) is 0.586. The van der Waals surface area contributed by atoms with E-state index >= 15 is 0 Å². The maximum absolute atomic E-state index is 12.4. The Morgan fingerprint density at radius 2 is 1.00 bits per heavy atom. The molecule has 0 radical (unpaired) electrons. The standard InChI is InChI=1S/C24H38O4.C6H7N/c1-3-5-7-9-11-15-19-27-23(25)21-17-13-14-18-22(21)24(26)28-20-16-12-10-8-6-4-2;1-2-4-6-7-5-3-1/h13-14,17-18H,3-12,15-16,19-20H2,1-2H3;1-7H. The van der Waals surface area contributed by atoms with Gasteiger partial charge in [0.15, 0.2) is 0 Å². The van der Waals surface area contributed by atoms with E-state index in [2.05, 4.69) is 19.2 Å². The van der Waals surface area contributed by atoms with Gasteiger partial charge in [-0.05, 0) is 37.1 Å². The smallest absolute Gasteiger partial charge is 0.339 e. The fraction of sp³-hybridized carbons (Fsp3) is 0.533. The third kappa shape index (κ3) is 15.7. The molecule has 0 aliphatic carbocycles. The monoisotopic (exact) mass is 483 g/mol. The van der Waals surface area contributed by atoms with Crippen LogP contribution in [0.25, 0.3) is 0 Å². The van der Waals surface area contributed by atoms with Gasteiger partial charge < -0.3 is 14.8 Å². The van der Waals surface area contributed by atoms with Crippen molar-refractivity contribution in [3.63, 3.8) is 0 Å². The average Bonchev–Trinajstić information content (AvgIpc) is 3.21. The minimum absolute atomic E-state index is 0.293. The lowest BCUT2D eigenvalue weighted by Crippen LogP contribution is -2.15. The molecule has 1 aromatic rings. The maximum atomic E-state index is 12.4. The average molecular weight is 484 g/mol. The predicted molar refractivity (Wildman–Crippen MR) is 144 cm³/mol. The van der Waals surface area contributed by atoms with E-state index in [0.29, 0.717) is 24.3 Å². The fourth-order valence-electron chi connectivity index (χ4n) is 3.50. The molecule has 0 spiro atoms. The summed E-state index contributed by atoms with van der Waals surface area (Å²) in [7, 11) is 0. The van der Waals surface area contributed by atoms with Crippen LogP contribution in [0.1, 0.15) is 112 Å². The first-order valence-electron chi connectivity index (χ1n) is 13.4. The topological polar surface area (TPSA) is 64.6 Å². The van der Waals surface area contributed by atoms with Crippen LogP contribution in [0.2, 0.25) is 0 Å². The molecule has 2 rings (SSSR count). The Morgan fingerprint density at radius 1 is 0.600 bits per heavy atom. The van der Waals surface area contributed by atoms with Crippen LogP contribution in [-0.2, 0) is 9.47 Å². The number of carbonyl (C=O) groups excluding carboxylic acids is 2. The molecule has 0 bridgehead atoms. The molecule has 0 amide bonds. The molecule has 0 saturated heterocycles. The van der Waals surface area contributed by atoms with Crippen molar-refractivity contribution in [2.75, 3.05) is 13.2 Å². The van der Waals surface area contributed by atoms with E-state index < -0.39 is 11.9 Å². The number of esters is 2. The van der Waals surface area contributed by atoms with Gasteiger partial charge in [-0.2, -0.15) is 0 Å². The molecule has 0 aromatic heterocycles. The first-order valence-corrected chi connectivity index (χ1v) is 13.4. The quantitative estimate of drug-likeness (QED) is 0.191. The lowest BCUT2D eigenvalue weighted by Gasteiger charge is -2.10. The molecule has 0 saturated carbocycles. The van der Waals surface area contributed by atoms with Crippen LogP contribution in [0.5, 0.6) is 0 Å². The van der Waals surface area contributed by atoms with Crippen LogP contribution >= 0.6 is 0 Å². The van der Waals surface area contributed by atoms with Crippen molar-refractivity contribution >= 4 is 11.9 Å². The summed E-state index contributed by atoms with van der Waals surface area (Å²) in [5.74, 6) is -0.888. The summed E-state index contributed by atoms with van der Waals surface area (Å²) in [5, 5.41) is 2.92. The number of ether oxygens (including phenoxy) is 2. The van der Waals surface area contributed by atoms with Crippen LogP contribution in [-0.4, -0.2) is 25.2 Å². The van der Waals surface area contributed by atoms with Crippen LogP contribution in [0.3, 0.4) is 0 Å². The van der Waals surface area contributed by atoms with Gasteiger partial charge in [0.25, 0.3) is 0 Å². The van der Waals surface area contributed by atoms with Crippen molar-refractivity contribution in [3.05, 3.63) is 72.1 Å². The van der Waals surface area contributed by atoms with Gasteiger partial charge in [-0.15, -0.1) is 0 Å². The van der Waals surface area contributed by atoms with Gasteiger partial charge in [0, 0.05) is 12.4 Å². The highest BCUT2D eigenvalue weighted by Crippen LogP contribution is 2.14. The summed E-state index contributed by atoms with van der Waals surface area (Å²) in [6.07, 6.45) is 25.2. The van der Waals surface area contributed by atoms with E-state index in [-0.39, 0.29) is 0 Å². The van der Waals surface area contributed by atoms with Crippen LogP contribution in [0, 0.1) is 0 Å². The van der Waals surface area contributed by atoms with Crippen molar-refractivity contribution in [3.8, 4) is 0 Å². The summed E-state index contributed by atoms with van der Waals surface area (Å²) in [4.78, 5) is 24.7. The Balaban J connectivity index is 0.000000744. The Morgan fingerprint density at radius 3 is 1.43 bits per heavy atom. The third-order valence-corrected chi connectivity index (χ3v) is 5.55. The molecule has 1 aliphatic rings. The van der Waals surface area contributed by atoms with Crippen molar-refractivity contribution in [2.45, 2.75) is 90.9 Å². The highest BCUT2D eigenvalue weighted by Gasteiger charge is 2.18. The number of unbranched alkanes of at least 4 members (excludes halogenated alkanes) is 10. The zero-order valence-corrected chi connectivity index (χ0v) is 21.8. The minimum atomic E-state index is -0.444. The maximum Gasteiger partial charge on any atom is 0.339 e. The number of rotatable bonds is 16. The number of hydrogen-bond acceptors (Lipinski definition) is 5. The molecule has 1 N–H and O–H groups in total. The second-order valence-electron chi connectivity index (χ2n) is 8.62. The Kier molecular flexibility index (Phi) is 18.7. The van der Waals surface area contributed by atoms with Crippen LogP contribution < -0.4 is 5.32 Å². The van der Waals surface area contributed by atoms with Gasteiger partial charge in [-0.1, -0.05) is 102 Å². The van der Waals surface area contributed by atoms with Gasteiger partial charge >= 0.3 is 11.9 Å². The van der Waals surface area contributed by atoms with E-state index in [1.165, 1.54) is 51.4 Å². The summed E-state index contributed by atoms with van der Waals surface area (Å²) < 4.78 is 10.7. The zero-order valence-electron chi connectivity index (χ0n) is 21.8. The molecule has 5 nitrogen and oxygen atoms in total. The molecule has 35 heavy (non-hydrogen) atoms. The number of allylic oxidation sites excluding steroid dienone is 4. The molecule has 1 aliphatic heterocycles. The Labute approximate surface area is 212 Å². The molecule has 0 fully saturated rings. The predicted octanol–water partition coefficient (Wildman–Crippen LogP) is 7.89. The second kappa shape index (κ2) is 21.7. The molecule has 5 heteroatoms. The Hall–Kier alpha value is -2.82. The van der Waals surface area contributed by atoms with Crippen LogP contribution in [0.4, 0.5) is 0 Å². The van der Waals surface area contributed by atoms with Crippen molar-refractivity contribution in [1.29, 1.82) is 0 Å². The molecule has 194 valence electrons. The number of nitrogens with one attached hydrogen (secondary N) is 1. The number of benzene rings is 1. The largest absolute Gasteiger partial charge is 0.462 e. The first-order chi connectivity index (χ1) is 17.2. The summed E-state index contributed by atoms with van der Waals surface area (Å²) in [6.45, 7) is 5.17. The van der Waals surface area contributed by atoms with E-state index in [0.717, 1.165) is 25.7 Å². The molecule has 0 atom stereocenters. The lowest BCUT2D eigenvalue weighted by molar-refractivity contribution is 0.0450. The van der Waals surface area contributed by atoms with Gasteiger partial charge in [-0.3, -0.25) is 0 Å². The van der Waals surface area contributed by atoms with Crippen molar-refractivity contribution in [2.24, 2.45) is 0 Å². The summed E-state index contributed by atoms with van der Waals surface area (Å²) in [6, 6.07) is 6.74. The molecular formula is C30H45NO4. The van der Waals surface area contributed by atoms with Gasteiger partial charge in [0.05, 0.1) is 24.3 Å². The Bertz CT molecular complexity index is 719. The molecule has 0 unspecified atom stereocenters. The fourth-order valence-corrected chi connectivity index (χ4v) is 3.50. The zero-order chi connectivity index (χ0) is 25.4. The number of hydrogen-bond donors (Lipinski definition) is 1. The van der Waals surface area contributed by atoms with Crippen molar-refractivity contribution < 1.29 is 19.1 Å². The van der Waals surface area contributed by atoms with E-state index in [9.17, 15) is 9.59 Å². The van der Waals surface area contributed by atoms with E-state index in [4.69, 9.17) is 9.47 Å². The normalized spacial score (nSPS) is 11.7. The van der Waals surface area contributed by atoms with E-state index in [1.807, 2.05) is 36.7 Å². The highest BCUT2D eigenvalue weighted by molar-refractivity contribution is 6.03. The van der Waals surface area contributed by atoms with Crippen molar-refractivity contribution in [1.82, 2.24) is 5.32 Å². The highest BCUT2D eigenvalue weighted by atomic mass is 16.5. The second-order valence-corrected chi connectivity index (χ2v) is 8.62. The number of carbonyl (C=O) groups is 2. The SMILES string of the molecule is C1=CC=CNC=C1.CCCCCCCCOC(=O)c1ccccc1C(=O)OCCCCCCCC. The van der Waals surface area contributed by atoms with Gasteiger partial charge in [-0.25, -0.2) is 9.59 Å². The minimum Gasteiger partial charge on any atom is -0.462 e. The van der Waals surface area contributed by atoms with Gasteiger partial charge in [0.1, 0.15) is 0 Å².